The molecule has 0 saturated heterocycles. The second-order valence-electron chi connectivity index (χ2n) is 3.92. The summed E-state index contributed by atoms with van der Waals surface area (Å²) in [5.74, 6) is -0.278. The maximum absolute atomic E-state index is 12.0. The summed E-state index contributed by atoms with van der Waals surface area (Å²) < 4.78 is 39.9. The molecule has 0 aliphatic rings. The summed E-state index contributed by atoms with van der Waals surface area (Å²) >= 11 is 13.1. The standard InChI is InChI=1S/C13H8Cl2F3NOS/c14-10-5-9(6-11(15)12(10)19)21-8-3-1-7(2-4-8)20-13(16,17)18/h1-6H,19H2. The summed E-state index contributed by atoms with van der Waals surface area (Å²) in [6, 6.07) is 8.74. The van der Waals surface area contributed by atoms with Crippen molar-refractivity contribution in [2.24, 2.45) is 0 Å². The molecule has 0 fully saturated rings. The Kier molecular flexibility index (Phi) is 4.81. The number of nitrogen functional groups attached to an aromatic ring is 1. The van der Waals surface area contributed by atoms with Crippen LogP contribution in [0.25, 0.3) is 0 Å². The fourth-order valence-electron chi connectivity index (χ4n) is 1.47. The second-order valence-corrected chi connectivity index (χ2v) is 5.88. The monoisotopic (exact) mass is 353 g/mol. The molecule has 0 bridgehead atoms. The maximum Gasteiger partial charge on any atom is 0.573 e. The lowest BCUT2D eigenvalue weighted by Crippen LogP contribution is -2.16. The zero-order chi connectivity index (χ0) is 15.6. The summed E-state index contributed by atoms with van der Waals surface area (Å²) in [6.07, 6.45) is -4.70. The molecule has 0 spiro atoms. The summed E-state index contributed by atoms with van der Waals surface area (Å²) in [6.45, 7) is 0. The molecule has 8 heteroatoms. The van der Waals surface area contributed by atoms with Gasteiger partial charge in [-0.05, 0) is 36.4 Å². The van der Waals surface area contributed by atoms with Crippen molar-refractivity contribution in [3.63, 3.8) is 0 Å². The van der Waals surface area contributed by atoms with Gasteiger partial charge in [0.15, 0.2) is 0 Å². The highest BCUT2D eigenvalue weighted by Crippen LogP contribution is 2.36. The molecule has 0 aromatic heterocycles. The van der Waals surface area contributed by atoms with Crippen molar-refractivity contribution in [3.8, 4) is 5.75 Å². The lowest BCUT2D eigenvalue weighted by atomic mass is 10.3. The van der Waals surface area contributed by atoms with Crippen LogP contribution in [-0.4, -0.2) is 6.36 Å². The molecule has 2 aromatic carbocycles. The van der Waals surface area contributed by atoms with E-state index in [0.29, 0.717) is 14.9 Å². The van der Waals surface area contributed by atoms with Gasteiger partial charge in [-0.2, -0.15) is 0 Å². The van der Waals surface area contributed by atoms with Crippen LogP contribution in [0, 0.1) is 0 Å². The number of hydrogen-bond acceptors (Lipinski definition) is 3. The maximum atomic E-state index is 12.0. The average molecular weight is 354 g/mol. The molecule has 2 N–H and O–H groups in total. The van der Waals surface area contributed by atoms with Gasteiger partial charge in [0, 0.05) is 9.79 Å². The summed E-state index contributed by atoms with van der Waals surface area (Å²) in [7, 11) is 0. The Labute approximate surface area is 133 Å². The number of nitrogens with two attached hydrogens (primary N) is 1. The SMILES string of the molecule is Nc1c(Cl)cc(Sc2ccc(OC(F)(F)F)cc2)cc1Cl. The Morgan fingerprint density at radius 1 is 0.952 bits per heavy atom. The topological polar surface area (TPSA) is 35.2 Å². The molecule has 0 radical (unpaired) electrons. The van der Waals surface area contributed by atoms with E-state index in [1.165, 1.54) is 36.0 Å². The van der Waals surface area contributed by atoms with Gasteiger partial charge in [0.05, 0.1) is 15.7 Å². The second kappa shape index (κ2) is 6.25. The van der Waals surface area contributed by atoms with Crippen molar-refractivity contribution < 1.29 is 17.9 Å². The van der Waals surface area contributed by atoms with Crippen molar-refractivity contribution in [2.75, 3.05) is 5.73 Å². The normalized spacial score (nSPS) is 11.5. The molecule has 0 unspecified atom stereocenters. The molecule has 2 aromatic rings. The third-order valence-electron chi connectivity index (χ3n) is 2.35. The first-order chi connectivity index (χ1) is 9.74. The van der Waals surface area contributed by atoms with Crippen LogP contribution in [0.4, 0.5) is 18.9 Å². The van der Waals surface area contributed by atoms with Gasteiger partial charge in [-0.3, -0.25) is 0 Å². The fraction of sp³-hybridized carbons (Fsp3) is 0.0769. The number of rotatable bonds is 3. The molecule has 21 heavy (non-hydrogen) atoms. The first kappa shape index (κ1) is 16.1. The highest BCUT2D eigenvalue weighted by atomic mass is 35.5. The molecule has 0 aliphatic carbocycles. The number of alkyl halides is 3. The van der Waals surface area contributed by atoms with Gasteiger partial charge in [-0.15, -0.1) is 13.2 Å². The van der Waals surface area contributed by atoms with E-state index in [2.05, 4.69) is 4.74 Å². The van der Waals surface area contributed by atoms with Crippen molar-refractivity contribution in [1.29, 1.82) is 0 Å². The van der Waals surface area contributed by atoms with Gasteiger partial charge < -0.3 is 10.5 Å². The minimum Gasteiger partial charge on any atom is -0.406 e. The van der Waals surface area contributed by atoms with Gasteiger partial charge in [0.2, 0.25) is 0 Å². The lowest BCUT2D eigenvalue weighted by Gasteiger charge is -2.09. The Balaban J connectivity index is 2.14. The molecule has 0 amide bonds. The van der Waals surface area contributed by atoms with E-state index in [1.807, 2.05) is 0 Å². The number of anilines is 1. The number of benzene rings is 2. The van der Waals surface area contributed by atoms with Crippen LogP contribution in [-0.2, 0) is 0 Å². The highest BCUT2D eigenvalue weighted by molar-refractivity contribution is 7.99. The molecule has 0 aliphatic heterocycles. The van der Waals surface area contributed by atoms with Crippen molar-refractivity contribution in [3.05, 3.63) is 46.4 Å². The fourth-order valence-corrected chi connectivity index (χ4v) is 2.98. The van der Waals surface area contributed by atoms with Crippen molar-refractivity contribution in [2.45, 2.75) is 16.2 Å². The summed E-state index contributed by atoms with van der Waals surface area (Å²) in [5.41, 5.74) is 5.92. The van der Waals surface area contributed by atoms with E-state index in [0.717, 1.165) is 4.90 Å². The molecule has 0 heterocycles. The third-order valence-corrected chi connectivity index (χ3v) is 3.95. The Bertz CT molecular complexity index is 624. The lowest BCUT2D eigenvalue weighted by molar-refractivity contribution is -0.274. The minimum absolute atomic E-state index is 0.278. The van der Waals surface area contributed by atoms with Gasteiger partial charge in [0.1, 0.15) is 5.75 Å². The van der Waals surface area contributed by atoms with Gasteiger partial charge >= 0.3 is 6.36 Å². The van der Waals surface area contributed by atoms with Crippen LogP contribution in [0.15, 0.2) is 46.2 Å². The van der Waals surface area contributed by atoms with E-state index in [-0.39, 0.29) is 11.4 Å². The van der Waals surface area contributed by atoms with E-state index >= 15 is 0 Å². The zero-order valence-corrected chi connectivity index (χ0v) is 12.6. The molecule has 112 valence electrons. The molecular formula is C13H8Cl2F3NOS. The van der Waals surface area contributed by atoms with E-state index < -0.39 is 6.36 Å². The van der Waals surface area contributed by atoms with Crippen LogP contribution in [0.1, 0.15) is 0 Å². The predicted octanol–water partition coefficient (Wildman–Crippen LogP) is 5.63. The van der Waals surface area contributed by atoms with Gasteiger partial charge in [-0.1, -0.05) is 35.0 Å². The molecule has 0 saturated carbocycles. The van der Waals surface area contributed by atoms with Crippen LogP contribution >= 0.6 is 35.0 Å². The smallest absolute Gasteiger partial charge is 0.406 e. The third kappa shape index (κ3) is 4.62. The quantitative estimate of drug-likeness (QED) is 0.726. The average Bonchev–Trinajstić information content (AvgIpc) is 2.36. The summed E-state index contributed by atoms with van der Waals surface area (Å²) in [5, 5.41) is 0.643. The van der Waals surface area contributed by atoms with Crippen LogP contribution in [0.5, 0.6) is 5.75 Å². The number of hydrogen-bond donors (Lipinski definition) is 1. The number of ether oxygens (including phenoxy) is 1. The molecule has 2 rings (SSSR count). The van der Waals surface area contributed by atoms with E-state index in [4.69, 9.17) is 28.9 Å². The minimum atomic E-state index is -4.70. The van der Waals surface area contributed by atoms with Crippen molar-refractivity contribution in [1.82, 2.24) is 0 Å². The van der Waals surface area contributed by atoms with Crippen LogP contribution in [0.2, 0.25) is 10.0 Å². The molecular weight excluding hydrogens is 346 g/mol. The number of halogens is 5. The van der Waals surface area contributed by atoms with Crippen molar-refractivity contribution >= 4 is 40.7 Å². The van der Waals surface area contributed by atoms with Crippen LogP contribution < -0.4 is 10.5 Å². The van der Waals surface area contributed by atoms with Gasteiger partial charge in [0.25, 0.3) is 0 Å². The van der Waals surface area contributed by atoms with Gasteiger partial charge in [-0.25, -0.2) is 0 Å². The van der Waals surface area contributed by atoms with E-state index in [1.54, 1.807) is 12.1 Å². The first-order valence-corrected chi connectivity index (χ1v) is 7.10. The Morgan fingerprint density at radius 3 is 1.95 bits per heavy atom. The highest BCUT2D eigenvalue weighted by Gasteiger charge is 2.30. The zero-order valence-electron chi connectivity index (χ0n) is 10.2. The Hall–Kier alpha value is -1.24. The Morgan fingerprint density at radius 2 is 1.48 bits per heavy atom. The molecule has 0 atom stereocenters. The predicted molar refractivity (Wildman–Crippen MR) is 78.1 cm³/mol. The molecule has 2 nitrogen and oxygen atoms in total. The largest absolute Gasteiger partial charge is 0.573 e. The van der Waals surface area contributed by atoms with E-state index in [9.17, 15) is 13.2 Å². The van der Waals surface area contributed by atoms with Crippen LogP contribution in [0.3, 0.4) is 0 Å². The summed E-state index contributed by atoms with van der Waals surface area (Å²) in [4.78, 5) is 1.44. The first-order valence-electron chi connectivity index (χ1n) is 5.53.